The van der Waals surface area contributed by atoms with Gasteiger partial charge in [0.15, 0.2) is 5.65 Å². The average Bonchev–Trinajstić information content (AvgIpc) is 3.00. The first-order valence-corrected chi connectivity index (χ1v) is 8.03. The number of alkyl halides is 3. The Morgan fingerprint density at radius 1 is 1.23 bits per heavy atom. The number of carbonyl (C=O) groups excluding carboxylic acids is 1. The molecule has 0 N–H and O–H groups in total. The fraction of sp³-hybridized carbons (Fsp3) is 0.294. The summed E-state index contributed by atoms with van der Waals surface area (Å²) in [6.45, 7) is 0.344. The van der Waals surface area contributed by atoms with Gasteiger partial charge in [-0.2, -0.15) is 13.2 Å². The lowest BCUT2D eigenvalue weighted by Gasteiger charge is -2.31. The molecule has 0 bridgehead atoms. The Hall–Kier alpha value is -2.97. The zero-order valence-electron chi connectivity index (χ0n) is 13.8. The lowest BCUT2D eigenvalue weighted by Crippen LogP contribution is -2.36. The van der Waals surface area contributed by atoms with Crippen LogP contribution >= 0.6 is 0 Å². The number of fused-ring (bicyclic) bond motifs is 2. The first-order chi connectivity index (χ1) is 12.4. The van der Waals surface area contributed by atoms with Crippen LogP contribution in [0.5, 0.6) is 0 Å². The fourth-order valence-electron chi connectivity index (χ4n) is 3.35. The van der Waals surface area contributed by atoms with Gasteiger partial charge in [-0.1, -0.05) is 11.3 Å². The van der Waals surface area contributed by atoms with Crippen LogP contribution < -0.4 is 4.90 Å². The number of hydrogen-bond donors (Lipinski definition) is 0. The summed E-state index contributed by atoms with van der Waals surface area (Å²) in [4.78, 5) is 18.6. The SMILES string of the molecule is Cn1nnc2c(C(=O)N3CCCc4c3cccc4C(F)(F)F)ccnc21. The van der Waals surface area contributed by atoms with Gasteiger partial charge in [0, 0.05) is 25.5 Å². The molecule has 9 heteroatoms. The Morgan fingerprint density at radius 2 is 2.04 bits per heavy atom. The van der Waals surface area contributed by atoms with Crippen molar-refractivity contribution in [1.29, 1.82) is 0 Å². The standard InChI is InChI=1S/C17H14F3N5O/c1-24-15-14(22-23-24)11(7-8-21-15)16(26)25-9-3-4-10-12(17(18,19)20)5-2-6-13(10)25/h2,5-8H,3-4,9H2,1H3. The minimum absolute atomic E-state index is 0.157. The maximum atomic E-state index is 13.3. The van der Waals surface area contributed by atoms with Crippen LogP contribution in [0.1, 0.15) is 27.9 Å². The number of amides is 1. The van der Waals surface area contributed by atoms with Crippen molar-refractivity contribution in [3.63, 3.8) is 0 Å². The minimum Gasteiger partial charge on any atom is -0.308 e. The van der Waals surface area contributed by atoms with Crippen molar-refractivity contribution < 1.29 is 18.0 Å². The van der Waals surface area contributed by atoms with E-state index in [0.29, 0.717) is 29.8 Å². The molecule has 26 heavy (non-hydrogen) atoms. The number of aryl methyl sites for hydroxylation is 1. The summed E-state index contributed by atoms with van der Waals surface area (Å²) in [7, 11) is 1.66. The summed E-state index contributed by atoms with van der Waals surface area (Å²) in [6.07, 6.45) is -2.24. The summed E-state index contributed by atoms with van der Waals surface area (Å²) in [5.74, 6) is -0.404. The van der Waals surface area contributed by atoms with E-state index in [1.807, 2.05) is 0 Å². The molecular formula is C17H14F3N5O. The van der Waals surface area contributed by atoms with Gasteiger partial charge in [0.2, 0.25) is 0 Å². The third-order valence-corrected chi connectivity index (χ3v) is 4.52. The topological polar surface area (TPSA) is 63.9 Å². The molecule has 4 rings (SSSR count). The summed E-state index contributed by atoms with van der Waals surface area (Å²) < 4.78 is 41.4. The smallest absolute Gasteiger partial charge is 0.308 e. The number of benzene rings is 1. The number of aromatic nitrogens is 4. The monoisotopic (exact) mass is 361 g/mol. The molecule has 0 aliphatic carbocycles. The quantitative estimate of drug-likeness (QED) is 0.668. The molecule has 0 saturated heterocycles. The van der Waals surface area contributed by atoms with Crippen molar-refractivity contribution in [1.82, 2.24) is 20.0 Å². The second-order valence-electron chi connectivity index (χ2n) is 6.11. The number of rotatable bonds is 1. The van der Waals surface area contributed by atoms with Crippen LogP contribution in [0.25, 0.3) is 11.2 Å². The van der Waals surface area contributed by atoms with Gasteiger partial charge in [0.1, 0.15) is 5.52 Å². The van der Waals surface area contributed by atoms with Crippen molar-refractivity contribution >= 4 is 22.8 Å². The van der Waals surface area contributed by atoms with Crippen LogP contribution in [0.2, 0.25) is 0 Å². The molecule has 2 aromatic heterocycles. The second-order valence-corrected chi connectivity index (χ2v) is 6.11. The van der Waals surface area contributed by atoms with Gasteiger partial charge in [0.05, 0.1) is 11.1 Å². The second kappa shape index (κ2) is 5.79. The molecule has 3 aromatic rings. The highest BCUT2D eigenvalue weighted by Crippen LogP contribution is 2.39. The van der Waals surface area contributed by atoms with Gasteiger partial charge in [0.25, 0.3) is 5.91 Å². The molecule has 1 aromatic carbocycles. The van der Waals surface area contributed by atoms with Gasteiger partial charge >= 0.3 is 6.18 Å². The van der Waals surface area contributed by atoms with E-state index >= 15 is 0 Å². The van der Waals surface area contributed by atoms with Crippen LogP contribution in [0.15, 0.2) is 30.5 Å². The Bertz CT molecular complexity index is 1010. The number of pyridine rings is 1. The molecule has 1 amide bonds. The number of nitrogens with zero attached hydrogens (tertiary/aromatic N) is 5. The Kier molecular flexibility index (Phi) is 3.67. The molecule has 6 nitrogen and oxygen atoms in total. The predicted octanol–water partition coefficient (Wildman–Crippen LogP) is 2.98. The number of hydrogen-bond acceptors (Lipinski definition) is 4. The van der Waals surface area contributed by atoms with E-state index in [2.05, 4.69) is 15.3 Å². The van der Waals surface area contributed by atoms with Gasteiger partial charge in [-0.3, -0.25) is 4.79 Å². The van der Waals surface area contributed by atoms with Gasteiger partial charge in [-0.25, -0.2) is 9.67 Å². The number of anilines is 1. The predicted molar refractivity (Wildman–Crippen MR) is 87.7 cm³/mol. The third kappa shape index (κ3) is 2.51. The van der Waals surface area contributed by atoms with E-state index in [1.165, 1.54) is 27.9 Å². The zero-order chi connectivity index (χ0) is 18.5. The third-order valence-electron chi connectivity index (χ3n) is 4.52. The Balaban J connectivity index is 1.82. The van der Waals surface area contributed by atoms with Crippen molar-refractivity contribution in [3.8, 4) is 0 Å². The summed E-state index contributed by atoms with van der Waals surface area (Å²) in [5, 5.41) is 7.83. The van der Waals surface area contributed by atoms with E-state index in [9.17, 15) is 18.0 Å². The minimum atomic E-state index is -4.45. The Labute approximate surface area is 146 Å². The summed E-state index contributed by atoms with van der Waals surface area (Å²) >= 11 is 0. The van der Waals surface area contributed by atoms with Gasteiger partial charge in [-0.15, -0.1) is 5.10 Å². The molecule has 3 heterocycles. The number of carbonyl (C=O) groups is 1. The lowest BCUT2D eigenvalue weighted by molar-refractivity contribution is -0.138. The van der Waals surface area contributed by atoms with Crippen LogP contribution in [-0.2, 0) is 19.6 Å². The van der Waals surface area contributed by atoms with Crippen molar-refractivity contribution in [2.75, 3.05) is 11.4 Å². The lowest BCUT2D eigenvalue weighted by atomic mass is 9.95. The van der Waals surface area contributed by atoms with Gasteiger partial charge in [-0.05, 0) is 36.6 Å². The van der Waals surface area contributed by atoms with E-state index < -0.39 is 17.6 Å². The molecular weight excluding hydrogens is 347 g/mol. The largest absolute Gasteiger partial charge is 0.416 e. The van der Waals surface area contributed by atoms with E-state index in [1.54, 1.807) is 13.1 Å². The molecule has 1 aliphatic heterocycles. The van der Waals surface area contributed by atoms with Crippen LogP contribution in [-0.4, -0.2) is 32.4 Å². The Morgan fingerprint density at radius 3 is 2.81 bits per heavy atom. The van der Waals surface area contributed by atoms with Crippen LogP contribution in [0, 0.1) is 0 Å². The molecule has 0 saturated carbocycles. The molecule has 0 spiro atoms. The van der Waals surface area contributed by atoms with Crippen LogP contribution in [0.4, 0.5) is 18.9 Å². The van der Waals surface area contributed by atoms with Crippen LogP contribution in [0.3, 0.4) is 0 Å². The molecule has 0 unspecified atom stereocenters. The zero-order valence-corrected chi connectivity index (χ0v) is 13.8. The maximum Gasteiger partial charge on any atom is 0.416 e. The highest BCUT2D eigenvalue weighted by atomic mass is 19.4. The van der Waals surface area contributed by atoms with E-state index in [-0.39, 0.29) is 17.5 Å². The molecule has 0 fully saturated rings. The van der Waals surface area contributed by atoms with Crippen molar-refractivity contribution in [2.45, 2.75) is 19.0 Å². The first kappa shape index (κ1) is 16.5. The highest BCUT2D eigenvalue weighted by molar-refractivity contribution is 6.12. The van der Waals surface area contributed by atoms with E-state index in [0.717, 1.165) is 6.07 Å². The molecule has 0 radical (unpaired) electrons. The fourth-order valence-corrected chi connectivity index (χ4v) is 3.35. The van der Waals surface area contributed by atoms with Crippen molar-refractivity contribution in [3.05, 3.63) is 47.2 Å². The molecule has 134 valence electrons. The highest BCUT2D eigenvalue weighted by Gasteiger charge is 2.37. The van der Waals surface area contributed by atoms with Gasteiger partial charge < -0.3 is 4.90 Å². The summed E-state index contributed by atoms with van der Waals surface area (Å²) in [5.41, 5.74) is 0.811. The number of halogens is 3. The van der Waals surface area contributed by atoms with E-state index in [4.69, 9.17) is 0 Å². The maximum absolute atomic E-state index is 13.3. The summed E-state index contributed by atoms with van der Waals surface area (Å²) in [6, 6.07) is 5.45. The molecule has 1 aliphatic rings. The normalized spacial score (nSPS) is 14.5. The first-order valence-electron chi connectivity index (χ1n) is 8.03. The van der Waals surface area contributed by atoms with Crippen molar-refractivity contribution in [2.24, 2.45) is 7.05 Å². The molecule has 0 atom stereocenters. The average molecular weight is 361 g/mol.